The molecule has 0 aromatic heterocycles. The van der Waals surface area contributed by atoms with Crippen molar-refractivity contribution in [3.05, 3.63) is 0 Å². The first kappa shape index (κ1) is 11.9. The Morgan fingerprint density at radius 2 is 1.92 bits per heavy atom. The molecule has 0 saturated heterocycles. The first-order valence-corrected chi connectivity index (χ1v) is 6.21. The average molecular weight is 193 g/mol. The molecule has 1 N–H and O–H groups in total. The molecule has 0 rings (SSSR count). The quantitative estimate of drug-likeness (QED) is 0.631. The Morgan fingerprint density at radius 1 is 1.33 bits per heavy atom. The third-order valence-corrected chi connectivity index (χ3v) is 3.43. The molecule has 3 nitrogen and oxygen atoms in total. The predicted molar refractivity (Wildman–Crippen MR) is 52.0 cm³/mol. The monoisotopic (exact) mass is 193 g/mol. The topological polar surface area (TPSA) is 46.2 Å². The van der Waals surface area contributed by atoms with Crippen molar-refractivity contribution < 1.29 is 8.42 Å². The Bertz CT molecular complexity index is 197. The largest absolute Gasteiger partial charge is 0.316 e. The summed E-state index contributed by atoms with van der Waals surface area (Å²) in [5, 5.41) is 3.00. The van der Waals surface area contributed by atoms with Crippen molar-refractivity contribution in [2.24, 2.45) is 5.92 Å². The summed E-state index contributed by atoms with van der Waals surface area (Å²) in [5.41, 5.74) is 0. The molecule has 0 radical (unpaired) electrons. The van der Waals surface area contributed by atoms with Crippen LogP contribution < -0.4 is 5.32 Å². The third kappa shape index (κ3) is 6.61. The highest BCUT2D eigenvalue weighted by Crippen LogP contribution is 1.99. The highest BCUT2D eigenvalue weighted by molar-refractivity contribution is 7.91. The molecule has 0 bridgehead atoms. The van der Waals surface area contributed by atoms with Crippen LogP contribution in [0.1, 0.15) is 20.8 Å². The molecular formula is C8H19NO2S. The number of sulfone groups is 1. The Hall–Kier alpha value is -0.0900. The van der Waals surface area contributed by atoms with Crippen LogP contribution in [0.25, 0.3) is 0 Å². The van der Waals surface area contributed by atoms with Crippen LogP contribution in [0.5, 0.6) is 0 Å². The Labute approximate surface area is 75.5 Å². The molecule has 0 aliphatic rings. The van der Waals surface area contributed by atoms with Gasteiger partial charge in [-0.15, -0.1) is 0 Å². The van der Waals surface area contributed by atoms with Crippen molar-refractivity contribution in [2.45, 2.75) is 20.8 Å². The summed E-state index contributed by atoms with van der Waals surface area (Å²) in [4.78, 5) is 0. The van der Waals surface area contributed by atoms with E-state index in [2.05, 4.69) is 5.32 Å². The van der Waals surface area contributed by atoms with Gasteiger partial charge in [-0.2, -0.15) is 0 Å². The second-order valence-corrected chi connectivity index (χ2v) is 5.59. The highest BCUT2D eigenvalue weighted by Gasteiger charge is 2.11. The average Bonchev–Trinajstić information content (AvgIpc) is 1.84. The zero-order chi connectivity index (χ0) is 9.61. The van der Waals surface area contributed by atoms with E-state index in [4.69, 9.17) is 0 Å². The minimum atomic E-state index is -2.82. The second-order valence-electron chi connectivity index (χ2n) is 3.36. The molecule has 0 aromatic rings. The summed E-state index contributed by atoms with van der Waals surface area (Å²) < 4.78 is 22.6. The molecule has 0 atom stereocenters. The fourth-order valence-electron chi connectivity index (χ4n) is 0.996. The normalized spacial score (nSPS) is 12.3. The van der Waals surface area contributed by atoms with E-state index >= 15 is 0 Å². The number of rotatable bonds is 6. The molecule has 4 heteroatoms. The van der Waals surface area contributed by atoms with Gasteiger partial charge in [0, 0.05) is 6.54 Å². The molecule has 0 fully saturated rings. The summed E-state index contributed by atoms with van der Waals surface area (Å²) in [5.74, 6) is 0.800. The van der Waals surface area contributed by atoms with Crippen LogP contribution >= 0.6 is 0 Å². The van der Waals surface area contributed by atoms with Gasteiger partial charge >= 0.3 is 0 Å². The first-order chi connectivity index (χ1) is 5.48. The van der Waals surface area contributed by atoms with E-state index < -0.39 is 9.84 Å². The van der Waals surface area contributed by atoms with Crippen molar-refractivity contribution in [2.75, 3.05) is 24.6 Å². The van der Waals surface area contributed by atoms with Gasteiger partial charge in [-0.3, -0.25) is 0 Å². The molecule has 74 valence electrons. The third-order valence-electron chi connectivity index (χ3n) is 1.43. The maximum Gasteiger partial charge on any atom is 0.151 e. The van der Waals surface area contributed by atoms with Crippen LogP contribution in [0.3, 0.4) is 0 Å². The lowest BCUT2D eigenvalue weighted by molar-refractivity contribution is 0.578. The number of nitrogens with one attached hydrogen (secondary N) is 1. The van der Waals surface area contributed by atoms with E-state index in [0.717, 1.165) is 6.54 Å². The summed E-state index contributed by atoms with van der Waals surface area (Å²) in [7, 11) is -2.82. The van der Waals surface area contributed by atoms with Gasteiger partial charge in [0.25, 0.3) is 0 Å². The lowest BCUT2D eigenvalue weighted by Crippen LogP contribution is -2.25. The molecule has 12 heavy (non-hydrogen) atoms. The number of hydrogen-bond acceptors (Lipinski definition) is 3. The molecular weight excluding hydrogens is 174 g/mol. The lowest BCUT2D eigenvalue weighted by atomic mass is 10.3. The van der Waals surface area contributed by atoms with E-state index in [1.807, 2.05) is 20.8 Å². The van der Waals surface area contributed by atoms with Crippen LogP contribution in [0.2, 0.25) is 0 Å². The lowest BCUT2D eigenvalue weighted by Gasteiger charge is -2.06. The summed E-state index contributed by atoms with van der Waals surface area (Å²) in [6.07, 6.45) is 0. The Morgan fingerprint density at radius 3 is 2.33 bits per heavy atom. The van der Waals surface area contributed by atoms with Crippen LogP contribution in [0, 0.1) is 5.92 Å². The molecule has 0 amide bonds. The maximum absolute atomic E-state index is 11.3. The van der Waals surface area contributed by atoms with Gasteiger partial charge in [0.2, 0.25) is 0 Å². The van der Waals surface area contributed by atoms with Crippen molar-refractivity contribution >= 4 is 9.84 Å². The fourth-order valence-corrected chi connectivity index (χ4v) is 2.63. The molecule has 0 spiro atoms. The zero-order valence-electron chi connectivity index (χ0n) is 8.13. The van der Waals surface area contributed by atoms with Gasteiger partial charge in [0.1, 0.15) is 0 Å². The molecule has 0 unspecified atom stereocenters. The van der Waals surface area contributed by atoms with Crippen molar-refractivity contribution in [1.29, 1.82) is 0 Å². The van der Waals surface area contributed by atoms with Gasteiger partial charge in [-0.25, -0.2) is 8.42 Å². The van der Waals surface area contributed by atoms with Crippen LogP contribution in [0.15, 0.2) is 0 Å². The van der Waals surface area contributed by atoms with Gasteiger partial charge in [0.05, 0.1) is 11.5 Å². The van der Waals surface area contributed by atoms with Gasteiger partial charge in [0.15, 0.2) is 9.84 Å². The fraction of sp³-hybridized carbons (Fsp3) is 1.00. The van der Waals surface area contributed by atoms with E-state index in [9.17, 15) is 8.42 Å². The van der Waals surface area contributed by atoms with E-state index in [1.54, 1.807) is 0 Å². The van der Waals surface area contributed by atoms with Crippen molar-refractivity contribution in [3.63, 3.8) is 0 Å². The first-order valence-electron chi connectivity index (χ1n) is 4.39. The second kappa shape index (κ2) is 5.54. The highest BCUT2D eigenvalue weighted by atomic mass is 32.2. The van der Waals surface area contributed by atoms with Gasteiger partial charge in [-0.1, -0.05) is 20.8 Å². The molecule has 0 aromatic carbocycles. The summed E-state index contributed by atoms with van der Waals surface area (Å²) in [6.45, 7) is 7.22. The molecule has 0 aliphatic carbocycles. The zero-order valence-corrected chi connectivity index (χ0v) is 8.95. The SMILES string of the molecule is CCNCCS(=O)(=O)CC(C)C. The standard InChI is InChI=1S/C8H19NO2S/c1-4-9-5-6-12(10,11)7-8(2)3/h8-9H,4-7H2,1-3H3. The Balaban J connectivity index is 3.73. The smallest absolute Gasteiger partial charge is 0.151 e. The molecule has 0 saturated carbocycles. The maximum atomic E-state index is 11.3. The van der Waals surface area contributed by atoms with Gasteiger partial charge in [-0.05, 0) is 12.5 Å². The summed E-state index contributed by atoms with van der Waals surface area (Å²) >= 11 is 0. The van der Waals surface area contributed by atoms with E-state index in [-0.39, 0.29) is 11.7 Å². The molecule has 0 aliphatic heterocycles. The van der Waals surface area contributed by atoms with Crippen molar-refractivity contribution in [3.8, 4) is 0 Å². The minimum Gasteiger partial charge on any atom is -0.316 e. The van der Waals surface area contributed by atoms with Crippen molar-refractivity contribution in [1.82, 2.24) is 5.32 Å². The van der Waals surface area contributed by atoms with Crippen LogP contribution in [0.4, 0.5) is 0 Å². The van der Waals surface area contributed by atoms with E-state index in [0.29, 0.717) is 12.3 Å². The van der Waals surface area contributed by atoms with Gasteiger partial charge < -0.3 is 5.32 Å². The predicted octanol–water partition coefficient (Wildman–Crippen LogP) is 0.667. The Kier molecular flexibility index (Phi) is 5.50. The van der Waals surface area contributed by atoms with Crippen LogP contribution in [-0.4, -0.2) is 33.0 Å². The van der Waals surface area contributed by atoms with Crippen LogP contribution in [-0.2, 0) is 9.84 Å². The summed E-state index contributed by atoms with van der Waals surface area (Å²) in [6, 6.07) is 0. The number of hydrogen-bond donors (Lipinski definition) is 1. The van der Waals surface area contributed by atoms with E-state index in [1.165, 1.54) is 0 Å². The minimum absolute atomic E-state index is 0.233. The molecule has 0 heterocycles.